The molecule has 0 aliphatic carbocycles. The normalized spacial score (nSPS) is 10.9. The van der Waals surface area contributed by atoms with Crippen LogP contribution in [0.2, 0.25) is 0 Å². The summed E-state index contributed by atoms with van der Waals surface area (Å²) in [5.41, 5.74) is 2.99. The number of hydrogen-bond donors (Lipinski definition) is 2. The fourth-order valence-corrected chi connectivity index (χ4v) is 1.90. The monoisotopic (exact) mass is 272 g/mol. The number of nitrogen functional groups attached to an aromatic ring is 1. The van der Waals surface area contributed by atoms with E-state index in [1.54, 1.807) is 17.9 Å². The van der Waals surface area contributed by atoms with Gasteiger partial charge in [0.15, 0.2) is 17.3 Å². The van der Waals surface area contributed by atoms with Crippen molar-refractivity contribution in [3.05, 3.63) is 41.0 Å². The molecule has 0 bridgehead atoms. The highest BCUT2D eigenvalue weighted by molar-refractivity contribution is 5.86. The van der Waals surface area contributed by atoms with Crippen molar-refractivity contribution in [1.29, 1.82) is 0 Å². The highest BCUT2D eigenvalue weighted by Crippen LogP contribution is 2.18. The fraction of sp³-hybridized carbons (Fsp3) is 0.182. The lowest BCUT2D eigenvalue weighted by Crippen LogP contribution is -2.21. The van der Waals surface area contributed by atoms with E-state index in [1.807, 2.05) is 0 Å². The summed E-state index contributed by atoms with van der Waals surface area (Å²) in [5, 5.41) is 4.83. The molecule has 0 aromatic carbocycles. The zero-order chi connectivity index (χ0) is 14.1. The number of hydrazine groups is 1. The van der Waals surface area contributed by atoms with Gasteiger partial charge in [-0.05, 0) is 0 Å². The molecule has 3 aromatic rings. The third-order valence-corrected chi connectivity index (χ3v) is 2.88. The minimum atomic E-state index is -0.170. The summed E-state index contributed by atoms with van der Waals surface area (Å²) in [5.74, 6) is 6.38. The highest BCUT2D eigenvalue weighted by Gasteiger charge is 2.11. The number of anilines is 1. The molecule has 3 rings (SSSR count). The van der Waals surface area contributed by atoms with Gasteiger partial charge in [-0.1, -0.05) is 0 Å². The number of nitrogens with two attached hydrogens (primary N) is 1. The van der Waals surface area contributed by atoms with Gasteiger partial charge in [0.05, 0.1) is 24.5 Å². The zero-order valence-electron chi connectivity index (χ0n) is 10.7. The summed E-state index contributed by atoms with van der Waals surface area (Å²) in [6.07, 6.45) is 4.51. The number of aryl methyl sites for hydroxylation is 1. The molecule has 0 spiro atoms. The van der Waals surface area contributed by atoms with E-state index >= 15 is 0 Å². The van der Waals surface area contributed by atoms with Gasteiger partial charge in [0.2, 0.25) is 0 Å². The molecule has 0 saturated heterocycles. The number of aromatic nitrogens is 6. The minimum Gasteiger partial charge on any atom is -0.308 e. The van der Waals surface area contributed by atoms with Gasteiger partial charge < -0.3 is 5.43 Å². The molecule has 0 radical (unpaired) electrons. The second-order valence-electron chi connectivity index (χ2n) is 4.18. The molecule has 20 heavy (non-hydrogen) atoms. The van der Waals surface area contributed by atoms with Gasteiger partial charge in [-0.25, -0.2) is 20.8 Å². The Morgan fingerprint density at radius 1 is 1.40 bits per heavy atom. The van der Waals surface area contributed by atoms with Crippen molar-refractivity contribution in [2.45, 2.75) is 6.54 Å². The van der Waals surface area contributed by atoms with E-state index in [0.717, 1.165) is 5.39 Å². The van der Waals surface area contributed by atoms with Crippen LogP contribution in [0.25, 0.3) is 11.0 Å². The van der Waals surface area contributed by atoms with Crippen LogP contribution in [-0.4, -0.2) is 29.3 Å². The van der Waals surface area contributed by atoms with Gasteiger partial charge in [0, 0.05) is 19.3 Å². The van der Waals surface area contributed by atoms with Crippen LogP contribution in [0, 0.1) is 0 Å². The van der Waals surface area contributed by atoms with Crippen LogP contribution in [0.3, 0.4) is 0 Å². The lowest BCUT2D eigenvalue weighted by molar-refractivity contribution is 0.695. The molecule has 0 aliphatic rings. The Morgan fingerprint density at radius 2 is 2.25 bits per heavy atom. The number of rotatable bonds is 3. The van der Waals surface area contributed by atoms with Crippen LogP contribution in [-0.2, 0) is 13.6 Å². The van der Waals surface area contributed by atoms with Crippen LogP contribution in [0.1, 0.15) is 5.82 Å². The fourth-order valence-electron chi connectivity index (χ4n) is 1.90. The average Bonchev–Trinajstić information content (AvgIpc) is 2.82. The Labute approximate surface area is 113 Å². The van der Waals surface area contributed by atoms with E-state index in [1.165, 1.54) is 23.2 Å². The summed E-state index contributed by atoms with van der Waals surface area (Å²) >= 11 is 0. The second kappa shape index (κ2) is 4.70. The zero-order valence-corrected chi connectivity index (χ0v) is 10.7. The molecule has 0 saturated carbocycles. The minimum absolute atomic E-state index is 0.170. The quantitative estimate of drug-likeness (QED) is 0.476. The summed E-state index contributed by atoms with van der Waals surface area (Å²) in [7, 11) is 1.77. The molecule has 0 fully saturated rings. The molecule has 9 nitrogen and oxygen atoms in total. The first-order chi connectivity index (χ1) is 9.69. The van der Waals surface area contributed by atoms with E-state index in [9.17, 15) is 4.79 Å². The molecule has 0 unspecified atom stereocenters. The molecule has 0 amide bonds. The third-order valence-electron chi connectivity index (χ3n) is 2.88. The van der Waals surface area contributed by atoms with E-state index in [0.29, 0.717) is 17.3 Å². The Balaban J connectivity index is 2.10. The Hall–Kier alpha value is -2.81. The largest absolute Gasteiger partial charge is 0.308 e. The lowest BCUT2D eigenvalue weighted by Gasteiger charge is -2.07. The van der Waals surface area contributed by atoms with Gasteiger partial charge >= 0.3 is 0 Å². The third kappa shape index (κ3) is 1.99. The number of nitrogens with one attached hydrogen (secondary N) is 1. The summed E-state index contributed by atoms with van der Waals surface area (Å²) in [6, 6.07) is 1.38. The molecular weight excluding hydrogens is 260 g/mol. The maximum absolute atomic E-state index is 11.7. The Bertz CT molecular complexity index is 821. The van der Waals surface area contributed by atoms with Crippen LogP contribution in [0.15, 0.2) is 29.6 Å². The first-order valence-electron chi connectivity index (χ1n) is 5.84. The van der Waals surface area contributed by atoms with E-state index < -0.39 is 0 Å². The van der Waals surface area contributed by atoms with Gasteiger partial charge in [-0.3, -0.25) is 14.0 Å². The van der Waals surface area contributed by atoms with E-state index in [2.05, 4.69) is 25.5 Å². The molecular formula is C11H12N8O. The van der Waals surface area contributed by atoms with Crippen LogP contribution in [0.5, 0.6) is 0 Å². The van der Waals surface area contributed by atoms with Crippen molar-refractivity contribution in [3.8, 4) is 0 Å². The van der Waals surface area contributed by atoms with E-state index in [4.69, 9.17) is 5.84 Å². The summed E-state index contributed by atoms with van der Waals surface area (Å²) in [4.78, 5) is 24.2. The van der Waals surface area contributed by atoms with Crippen molar-refractivity contribution in [1.82, 2.24) is 29.3 Å². The Kier molecular flexibility index (Phi) is 2.88. The van der Waals surface area contributed by atoms with Gasteiger partial charge in [-0.2, -0.15) is 5.10 Å². The predicted molar refractivity (Wildman–Crippen MR) is 71.7 cm³/mol. The number of hydrogen-bond acceptors (Lipinski definition) is 7. The van der Waals surface area contributed by atoms with E-state index in [-0.39, 0.29) is 12.1 Å². The first kappa shape index (κ1) is 12.2. The summed E-state index contributed by atoms with van der Waals surface area (Å²) < 4.78 is 3.03. The molecule has 3 aromatic heterocycles. The van der Waals surface area contributed by atoms with Crippen molar-refractivity contribution >= 4 is 16.9 Å². The molecule has 3 heterocycles. The molecule has 0 atom stereocenters. The van der Waals surface area contributed by atoms with Crippen molar-refractivity contribution in [3.63, 3.8) is 0 Å². The van der Waals surface area contributed by atoms with Gasteiger partial charge in [0.1, 0.15) is 0 Å². The molecule has 3 N–H and O–H groups in total. The molecule has 0 aliphatic heterocycles. The lowest BCUT2D eigenvalue weighted by atomic mass is 10.4. The van der Waals surface area contributed by atoms with Crippen molar-refractivity contribution in [2.24, 2.45) is 12.9 Å². The first-order valence-corrected chi connectivity index (χ1v) is 5.84. The van der Waals surface area contributed by atoms with Crippen molar-refractivity contribution < 1.29 is 0 Å². The van der Waals surface area contributed by atoms with Crippen molar-refractivity contribution in [2.75, 3.05) is 5.43 Å². The smallest absolute Gasteiger partial charge is 0.253 e. The van der Waals surface area contributed by atoms with Crippen LogP contribution < -0.4 is 16.8 Å². The standard InChI is InChI=1S/C11H12N8O/c1-18-11-7(4-14-18)10(17-12)15-8(16-11)5-19-6-13-3-2-9(19)20/h2-4,6H,5,12H2,1H3,(H,15,16,17). The van der Waals surface area contributed by atoms with Crippen LogP contribution >= 0.6 is 0 Å². The predicted octanol–water partition coefficient (Wildman–Crippen LogP) is -0.746. The SMILES string of the molecule is Cn1ncc2c(NN)nc(Cn3cnccc3=O)nc21. The Morgan fingerprint density at radius 3 is 3.00 bits per heavy atom. The van der Waals surface area contributed by atoms with Gasteiger partial charge in [0.25, 0.3) is 5.56 Å². The maximum atomic E-state index is 11.7. The maximum Gasteiger partial charge on any atom is 0.253 e. The second-order valence-corrected chi connectivity index (χ2v) is 4.18. The number of fused-ring (bicyclic) bond motifs is 1. The average molecular weight is 272 g/mol. The number of nitrogens with zero attached hydrogens (tertiary/aromatic N) is 6. The molecule has 9 heteroatoms. The highest BCUT2D eigenvalue weighted by atomic mass is 16.1. The topological polar surface area (TPSA) is 117 Å². The van der Waals surface area contributed by atoms with Gasteiger partial charge in [-0.15, -0.1) is 0 Å². The summed E-state index contributed by atoms with van der Waals surface area (Å²) in [6.45, 7) is 0.211. The van der Waals surface area contributed by atoms with Crippen LogP contribution in [0.4, 0.5) is 5.82 Å². The molecule has 102 valence electrons.